The number of thiocarbonyl (C=S) groups is 1. The van der Waals surface area contributed by atoms with Gasteiger partial charge < -0.3 is 16.2 Å². The third-order valence-electron chi connectivity index (χ3n) is 2.75. The van der Waals surface area contributed by atoms with E-state index < -0.39 is 0 Å². The highest BCUT2D eigenvalue weighted by molar-refractivity contribution is 7.80. The van der Waals surface area contributed by atoms with Crippen molar-refractivity contribution >= 4 is 28.8 Å². The lowest BCUT2D eigenvalue weighted by Gasteiger charge is -2.09. The molecule has 2 rings (SSSR count). The Morgan fingerprint density at radius 1 is 1.15 bits per heavy atom. The number of carbonyl (C=O) groups excluding carboxylic acids is 1. The molecule has 102 valence electrons. The summed E-state index contributed by atoms with van der Waals surface area (Å²) in [6.07, 6.45) is 0.383. The number of phenolic OH excluding ortho intramolecular Hbond substituents is 1. The van der Waals surface area contributed by atoms with Crippen LogP contribution >= 0.6 is 12.2 Å². The lowest BCUT2D eigenvalue weighted by molar-refractivity contribution is 0.102. The first-order valence-electron chi connectivity index (χ1n) is 6.03. The van der Waals surface area contributed by atoms with E-state index >= 15 is 0 Å². The predicted molar refractivity (Wildman–Crippen MR) is 83.0 cm³/mol. The van der Waals surface area contributed by atoms with Crippen molar-refractivity contribution in [3.63, 3.8) is 0 Å². The molecule has 4 nitrogen and oxygen atoms in total. The lowest BCUT2D eigenvalue weighted by atomic mass is 10.0. The van der Waals surface area contributed by atoms with Crippen molar-refractivity contribution in [2.75, 3.05) is 5.32 Å². The fraction of sp³-hybridized carbons (Fsp3) is 0.0667. The minimum absolute atomic E-state index is 0.150. The second-order valence-electron chi connectivity index (χ2n) is 4.30. The molecule has 0 fully saturated rings. The third kappa shape index (κ3) is 3.55. The van der Waals surface area contributed by atoms with Crippen LogP contribution in [-0.4, -0.2) is 16.0 Å². The summed E-state index contributed by atoms with van der Waals surface area (Å²) in [7, 11) is 0. The van der Waals surface area contributed by atoms with Crippen molar-refractivity contribution in [2.24, 2.45) is 5.73 Å². The second-order valence-corrected chi connectivity index (χ2v) is 4.83. The number of phenols is 1. The number of nitrogens with one attached hydrogen (secondary N) is 1. The first-order valence-corrected chi connectivity index (χ1v) is 6.43. The molecule has 0 aliphatic rings. The Hall–Kier alpha value is -2.40. The van der Waals surface area contributed by atoms with Crippen LogP contribution < -0.4 is 11.1 Å². The van der Waals surface area contributed by atoms with Crippen LogP contribution in [0.3, 0.4) is 0 Å². The van der Waals surface area contributed by atoms with Crippen molar-refractivity contribution in [1.82, 2.24) is 0 Å². The maximum atomic E-state index is 12.2. The van der Waals surface area contributed by atoms with Crippen molar-refractivity contribution in [3.8, 4) is 5.75 Å². The zero-order chi connectivity index (χ0) is 14.5. The summed E-state index contributed by atoms with van der Waals surface area (Å²) in [5.74, 6) is -0.0839. The van der Waals surface area contributed by atoms with E-state index in [1.807, 2.05) is 12.1 Å². The van der Waals surface area contributed by atoms with Gasteiger partial charge in [-0.15, -0.1) is 0 Å². The third-order valence-corrected chi connectivity index (χ3v) is 2.90. The van der Waals surface area contributed by atoms with E-state index in [1.54, 1.807) is 24.3 Å². The molecule has 0 aliphatic carbocycles. The quantitative estimate of drug-likeness (QED) is 0.596. The van der Waals surface area contributed by atoms with Gasteiger partial charge in [-0.1, -0.05) is 30.4 Å². The number of rotatable bonds is 4. The number of benzene rings is 2. The Balaban J connectivity index is 2.20. The summed E-state index contributed by atoms with van der Waals surface area (Å²) in [6, 6.07) is 13.5. The van der Waals surface area contributed by atoms with Gasteiger partial charge in [0.15, 0.2) is 0 Å². The van der Waals surface area contributed by atoms with E-state index in [2.05, 4.69) is 5.32 Å². The monoisotopic (exact) mass is 286 g/mol. The zero-order valence-electron chi connectivity index (χ0n) is 10.7. The van der Waals surface area contributed by atoms with E-state index in [0.29, 0.717) is 22.7 Å². The highest BCUT2D eigenvalue weighted by Gasteiger charge is 2.11. The fourth-order valence-corrected chi connectivity index (χ4v) is 1.98. The maximum Gasteiger partial charge on any atom is 0.255 e. The maximum absolute atomic E-state index is 12.2. The van der Waals surface area contributed by atoms with Crippen LogP contribution in [0.2, 0.25) is 0 Å². The van der Waals surface area contributed by atoms with Crippen LogP contribution in [0.4, 0.5) is 5.69 Å². The average molecular weight is 286 g/mol. The van der Waals surface area contributed by atoms with E-state index in [1.165, 1.54) is 12.1 Å². The van der Waals surface area contributed by atoms with Crippen LogP contribution in [0, 0.1) is 0 Å². The molecule has 0 unspecified atom stereocenters. The summed E-state index contributed by atoms with van der Waals surface area (Å²) >= 11 is 4.89. The Labute approximate surface area is 122 Å². The lowest BCUT2D eigenvalue weighted by Crippen LogP contribution is -2.18. The molecular formula is C15H14N2O2S. The zero-order valence-corrected chi connectivity index (χ0v) is 11.5. The first-order chi connectivity index (χ1) is 9.56. The molecular weight excluding hydrogens is 272 g/mol. The van der Waals surface area contributed by atoms with Crippen molar-refractivity contribution in [1.29, 1.82) is 0 Å². The van der Waals surface area contributed by atoms with Gasteiger partial charge in [0, 0.05) is 17.7 Å². The number of aromatic hydroxyl groups is 1. The van der Waals surface area contributed by atoms with Crippen LogP contribution in [0.1, 0.15) is 15.9 Å². The number of carbonyl (C=O) groups is 1. The van der Waals surface area contributed by atoms with Crippen molar-refractivity contribution < 1.29 is 9.90 Å². The van der Waals surface area contributed by atoms with Gasteiger partial charge in [0.05, 0.1) is 4.99 Å². The SMILES string of the molecule is NC(=S)Cc1ccccc1C(=O)Nc1ccc(O)cc1. The number of hydrogen-bond donors (Lipinski definition) is 3. The highest BCUT2D eigenvalue weighted by Crippen LogP contribution is 2.16. The molecule has 2 aromatic rings. The van der Waals surface area contributed by atoms with E-state index in [0.717, 1.165) is 5.56 Å². The van der Waals surface area contributed by atoms with Gasteiger partial charge in [-0.2, -0.15) is 0 Å². The van der Waals surface area contributed by atoms with Crippen LogP contribution in [0.5, 0.6) is 5.75 Å². The fourth-order valence-electron chi connectivity index (χ4n) is 1.83. The number of nitrogens with two attached hydrogens (primary N) is 1. The molecule has 20 heavy (non-hydrogen) atoms. The molecule has 2 aromatic carbocycles. The molecule has 4 N–H and O–H groups in total. The number of hydrogen-bond acceptors (Lipinski definition) is 3. The molecule has 5 heteroatoms. The number of anilines is 1. The molecule has 0 saturated heterocycles. The van der Waals surface area contributed by atoms with Crippen LogP contribution in [0.25, 0.3) is 0 Å². The first kappa shape index (κ1) is 14.0. The van der Waals surface area contributed by atoms with Crippen LogP contribution in [0.15, 0.2) is 48.5 Å². The smallest absolute Gasteiger partial charge is 0.255 e. The second kappa shape index (κ2) is 6.16. The van der Waals surface area contributed by atoms with Gasteiger partial charge >= 0.3 is 0 Å². The Morgan fingerprint density at radius 2 is 1.80 bits per heavy atom. The molecule has 0 radical (unpaired) electrons. The topological polar surface area (TPSA) is 75.4 Å². The average Bonchev–Trinajstić information content (AvgIpc) is 2.41. The molecule has 0 aliphatic heterocycles. The van der Waals surface area contributed by atoms with E-state index in [-0.39, 0.29) is 11.7 Å². The van der Waals surface area contributed by atoms with Gasteiger partial charge in [0.1, 0.15) is 5.75 Å². The predicted octanol–water partition coefficient (Wildman–Crippen LogP) is 2.47. The Kier molecular flexibility index (Phi) is 4.32. The molecule has 0 atom stereocenters. The van der Waals surface area contributed by atoms with Gasteiger partial charge in [-0.25, -0.2) is 0 Å². The van der Waals surface area contributed by atoms with Crippen LogP contribution in [-0.2, 0) is 6.42 Å². The van der Waals surface area contributed by atoms with E-state index in [4.69, 9.17) is 18.0 Å². The normalized spacial score (nSPS) is 10.0. The Morgan fingerprint density at radius 3 is 2.45 bits per heavy atom. The minimum atomic E-state index is -0.234. The Bertz CT molecular complexity index is 639. The summed E-state index contributed by atoms with van der Waals surface area (Å²) in [5.41, 5.74) is 7.47. The van der Waals surface area contributed by atoms with Gasteiger partial charge in [0.25, 0.3) is 5.91 Å². The minimum Gasteiger partial charge on any atom is -0.508 e. The standard InChI is InChI=1S/C15H14N2O2S/c16-14(20)9-10-3-1-2-4-13(10)15(19)17-11-5-7-12(18)8-6-11/h1-8,18H,9H2,(H2,16,20)(H,17,19). The van der Waals surface area contributed by atoms with E-state index in [9.17, 15) is 9.90 Å². The largest absolute Gasteiger partial charge is 0.508 e. The number of amides is 1. The van der Waals surface area contributed by atoms with Crippen molar-refractivity contribution in [2.45, 2.75) is 6.42 Å². The van der Waals surface area contributed by atoms with Gasteiger partial charge in [-0.05, 0) is 35.9 Å². The van der Waals surface area contributed by atoms with Gasteiger partial charge in [-0.3, -0.25) is 4.79 Å². The van der Waals surface area contributed by atoms with Crippen molar-refractivity contribution in [3.05, 3.63) is 59.7 Å². The highest BCUT2D eigenvalue weighted by atomic mass is 32.1. The molecule has 0 spiro atoms. The molecule has 0 aromatic heterocycles. The summed E-state index contributed by atoms with van der Waals surface area (Å²) < 4.78 is 0. The molecule has 0 bridgehead atoms. The molecule has 0 saturated carbocycles. The summed E-state index contributed by atoms with van der Waals surface area (Å²) in [6.45, 7) is 0. The summed E-state index contributed by atoms with van der Waals surface area (Å²) in [4.78, 5) is 12.6. The molecule has 0 heterocycles. The molecule has 1 amide bonds. The summed E-state index contributed by atoms with van der Waals surface area (Å²) in [5, 5.41) is 12.0. The van der Waals surface area contributed by atoms with Gasteiger partial charge in [0.2, 0.25) is 0 Å².